The smallest absolute Gasteiger partial charge is 0.224 e. The molecule has 0 spiro atoms. The molecule has 8 heteroatoms. The zero-order chi connectivity index (χ0) is 22.8. The summed E-state index contributed by atoms with van der Waals surface area (Å²) in [7, 11) is 3.63. The molecule has 0 saturated carbocycles. The van der Waals surface area contributed by atoms with E-state index < -0.39 is 0 Å². The Morgan fingerprint density at radius 3 is 2.06 bits per heavy atom. The molecule has 1 amide bonds. The summed E-state index contributed by atoms with van der Waals surface area (Å²) in [6.07, 6.45) is 2.99. The summed E-state index contributed by atoms with van der Waals surface area (Å²) in [4.78, 5) is 37.3. The molecule has 0 fully saturated rings. The van der Waals surface area contributed by atoms with Gasteiger partial charge in [0.1, 0.15) is 23.3 Å². The second kappa shape index (κ2) is 8.56. The average Bonchev–Trinajstić information content (AvgIpc) is 2.98. The number of hydrogen-bond donors (Lipinski definition) is 1. The van der Waals surface area contributed by atoms with Crippen LogP contribution < -0.4 is 15.1 Å². The van der Waals surface area contributed by atoms with Crippen molar-refractivity contribution >= 4 is 28.8 Å². The minimum absolute atomic E-state index is 0.0341. The maximum atomic E-state index is 12.8. The van der Waals surface area contributed by atoms with E-state index in [1.54, 1.807) is 12.4 Å². The van der Waals surface area contributed by atoms with Crippen molar-refractivity contribution in [2.75, 3.05) is 29.2 Å². The van der Waals surface area contributed by atoms with Gasteiger partial charge in [-0.15, -0.1) is 0 Å². The quantitative estimate of drug-likeness (QED) is 0.586. The van der Waals surface area contributed by atoms with Gasteiger partial charge in [-0.1, -0.05) is 32.9 Å². The van der Waals surface area contributed by atoms with Crippen molar-refractivity contribution < 1.29 is 9.59 Å². The minimum Gasteiger partial charge on any atom is -0.328 e. The predicted molar refractivity (Wildman–Crippen MR) is 119 cm³/mol. The molecule has 1 aromatic carbocycles. The van der Waals surface area contributed by atoms with Crippen molar-refractivity contribution in [1.29, 1.82) is 5.26 Å². The summed E-state index contributed by atoms with van der Waals surface area (Å²) in [6.45, 7) is 6.02. The number of Topliss-reactive ketones (excluding diaryl/α,β-unsaturated/α-hetero) is 1. The van der Waals surface area contributed by atoms with Gasteiger partial charge in [-0.25, -0.2) is 9.97 Å². The van der Waals surface area contributed by atoms with Gasteiger partial charge in [-0.05, 0) is 12.1 Å². The number of nitriles is 1. The molecule has 0 saturated heterocycles. The number of rotatable bonds is 5. The molecule has 1 aliphatic heterocycles. The lowest BCUT2D eigenvalue weighted by atomic mass is 9.96. The number of amides is 1. The number of anilines is 3. The summed E-state index contributed by atoms with van der Waals surface area (Å²) in [5, 5.41) is 12.4. The second-order valence-corrected chi connectivity index (χ2v) is 8.43. The van der Waals surface area contributed by atoms with E-state index in [1.165, 1.54) is 0 Å². The first-order valence-electron chi connectivity index (χ1n) is 10.00. The van der Waals surface area contributed by atoms with Crippen LogP contribution in [-0.2, 0) is 15.0 Å². The minimum atomic E-state index is -0.376. The van der Waals surface area contributed by atoms with Crippen LogP contribution in [0.25, 0.3) is 0 Å². The molecule has 1 aromatic heterocycles. The fourth-order valence-electron chi connectivity index (χ4n) is 3.41. The summed E-state index contributed by atoms with van der Waals surface area (Å²) >= 11 is 0. The number of benzene rings is 1. The van der Waals surface area contributed by atoms with Crippen LogP contribution in [0.15, 0.2) is 48.1 Å². The summed E-state index contributed by atoms with van der Waals surface area (Å²) in [5.74, 6) is 0.481. The van der Waals surface area contributed by atoms with Crippen LogP contribution >= 0.6 is 0 Å². The van der Waals surface area contributed by atoms with E-state index in [4.69, 9.17) is 0 Å². The maximum Gasteiger partial charge on any atom is 0.224 e. The zero-order valence-corrected chi connectivity index (χ0v) is 18.4. The number of nitrogens with zero attached hydrogens (tertiary/aromatic N) is 5. The van der Waals surface area contributed by atoms with Crippen molar-refractivity contribution in [1.82, 2.24) is 9.97 Å². The summed E-state index contributed by atoms with van der Waals surface area (Å²) in [5.41, 5.74) is 2.15. The van der Waals surface area contributed by atoms with Crippen molar-refractivity contribution in [2.45, 2.75) is 39.0 Å². The molecule has 160 valence electrons. The number of fused-ring (bicyclic) bond motifs is 1. The Morgan fingerprint density at radius 1 is 1.03 bits per heavy atom. The highest BCUT2D eigenvalue weighted by molar-refractivity contribution is 6.04. The van der Waals surface area contributed by atoms with Crippen LogP contribution in [0, 0.1) is 11.3 Å². The number of ketones is 1. The third-order valence-electron chi connectivity index (χ3n) is 5.04. The van der Waals surface area contributed by atoms with E-state index in [2.05, 4.69) is 15.3 Å². The first-order chi connectivity index (χ1) is 14.6. The zero-order valence-electron chi connectivity index (χ0n) is 18.4. The summed E-state index contributed by atoms with van der Waals surface area (Å²) in [6, 6.07) is 9.70. The molecular weight excluding hydrogens is 392 g/mol. The SMILES string of the molecule is CN1C(=C(C#N)C(=O)CCC(=O)Nc2cnc(C(C)(C)C)nc2)N(C)c2ccccc21. The molecular formula is C23H26N6O2. The summed E-state index contributed by atoms with van der Waals surface area (Å²) < 4.78 is 0. The van der Waals surface area contributed by atoms with E-state index in [9.17, 15) is 14.9 Å². The standard InChI is InChI=1S/C23H26N6O2/c1-23(2,3)22-25-13-15(14-26-22)27-20(31)11-10-19(30)16(12-24)21-28(4)17-8-6-7-9-18(17)29(21)5/h6-9,13-14H,10-11H2,1-5H3,(H,27,31). The Hall–Kier alpha value is -3.73. The first-order valence-corrected chi connectivity index (χ1v) is 10.00. The average molecular weight is 419 g/mol. The normalized spacial score (nSPS) is 13.0. The predicted octanol–water partition coefficient (Wildman–Crippen LogP) is 3.38. The van der Waals surface area contributed by atoms with E-state index in [0.29, 0.717) is 17.3 Å². The molecule has 2 heterocycles. The van der Waals surface area contributed by atoms with Crippen LogP contribution in [0.5, 0.6) is 0 Å². The van der Waals surface area contributed by atoms with Crippen molar-refractivity contribution in [3.8, 4) is 6.07 Å². The van der Waals surface area contributed by atoms with Gasteiger partial charge in [0.2, 0.25) is 5.91 Å². The molecule has 0 unspecified atom stereocenters. The van der Waals surface area contributed by atoms with Crippen LogP contribution in [0.4, 0.5) is 17.1 Å². The molecule has 1 N–H and O–H groups in total. The number of carbonyl (C=O) groups is 2. The van der Waals surface area contributed by atoms with E-state index in [1.807, 2.05) is 75.0 Å². The molecule has 0 atom stereocenters. The molecule has 2 aromatic rings. The van der Waals surface area contributed by atoms with Gasteiger partial charge in [0.25, 0.3) is 0 Å². The highest BCUT2D eigenvalue weighted by Crippen LogP contribution is 2.40. The van der Waals surface area contributed by atoms with Gasteiger partial charge in [0, 0.05) is 32.4 Å². The number of hydrogen-bond acceptors (Lipinski definition) is 7. The molecule has 3 rings (SSSR count). The third-order valence-corrected chi connectivity index (χ3v) is 5.04. The highest BCUT2D eigenvalue weighted by atomic mass is 16.2. The number of aromatic nitrogens is 2. The van der Waals surface area contributed by atoms with Gasteiger partial charge in [0.05, 0.1) is 29.5 Å². The van der Waals surface area contributed by atoms with Crippen LogP contribution in [0.2, 0.25) is 0 Å². The Morgan fingerprint density at radius 2 is 1.58 bits per heavy atom. The van der Waals surface area contributed by atoms with E-state index in [-0.39, 0.29) is 35.5 Å². The van der Waals surface area contributed by atoms with E-state index >= 15 is 0 Å². The van der Waals surface area contributed by atoms with Crippen molar-refractivity contribution in [3.63, 3.8) is 0 Å². The van der Waals surface area contributed by atoms with Gasteiger partial charge in [-0.3, -0.25) is 9.59 Å². The van der Waals surface area contributed by atoms with Gasteiger partial charge in [-0.2, -0.15) is 5.26 Å². The molecule has 0 radical (unpaired) electrons. The Kier molecular flexibility index (Phi) is 6.07. The van der Waals surface area contributed by atoms with E-state index in [0.717, 1.165) is 11.4 Å². The highest BCUT2D eigenvalue weighted by Gasteiger charge is 2.31. The third kappa shape index (κ3) is 4.56. The fourth-order valence-corrected chi connectivity index (χ4v) is 3.41. The van der Waals surface area contributed by atoms with Crippen LogP contribution in [-0.4, -0.2) is 35.8 Å². The largest absolute Gasteiger partial charge is 0.328 e. The Balaban J connectivity index is 1.66. The fraction of sp³-hybridized carbons (Fsp3) is 0.348. The molecule has 31 heavy (non-hydrogen) atoms. The topological polar surface area (TPSA) is 102 Å². The van der Waals surface area contributed by atoms with Gasteiger partial charge >= 0.3 is 0 Å². The molecule has 1 aliphatic rings. The second-order valence-electron chi connectivity index (χ2n) is 8.43. The van der Waals surface area contributed by atoms with Crippen molar-refractivity contribution in [3.05, 3.63) is 53.9 Å². The number of carbonyl (C=O) groups excluding carboxylic acids is 2. The van der Waals surface area contributed by atoms with Gasteiger partial charge < -0.3 is 15.1 Å². The monoisotopic (exact) mass is 418 g/mol. The lowest BCUT2D eigenvalue weighted by Crippen LogP contribution is -2.26. The van der Waals surface area contributed by atoms with Crippen molar-refractivity contribution in [2.24, 2.45) is 0 Å². The number of allylic oxidation sites excluding steroid dienone is 1. The molecule has 0 bridgehead atoms. The number of para-hydroxylation sites is 2. The lowest BCUT2D eigenvalue weighted by molar-refractivity contribution is -0.120. The first kappa shape index (κ1) is 22.0. The Bertz CT molecular complexity index is 1050. The molecule has 0 aliphatic carbocycles. The molecule has 8 nitrogen and oxygen atoms in total. The van der Waals surface area contributed by atoms with Crippen LogP contribution in [0.1, 0.15) is 39.4 Å². The Labute approximate surface area is 182 Å². The number of nitrogens with one attached hydrogen (secondary N) is 1. The van der Waals surface area contributed by atoms with Crippen LogP contribution in [0.3, 0.4) is 0 Å². The van der Waals surface area contributed by atoms with Gasteiger partial charge in [0.15, 0.2) is 5.78 Å². The maximum absolute atomic E-state index is 12.8. The lowest BCUT2D eigenvalue weighted by Gasteiger charge is -2.19.